The fourth-order valence-corrected chi connectivity index (χ4v) is 4.63. The quantitative estimate of drug-likeness (QED) is 0.561. The zero-order chi connectivity index (χ0) is 20.8. The number of rotatable bonds is 4. The molecule has 0 radical (unpaired) electrons. The highest BCUT2D eigenvalue weighted by atomic mass is 15.2. The van der Waals surface area contributed by atoms with Crippen LogP contribution >= 0.6 is 0 Å². The van der Waals surface area contributed by atoms with Crippen molar-refractivity contribution >= 4 is 22.4 Å². The van der Waals surface area contributed by atoms with Gasteiger partial charge in [-0.15, -0.1) is 0 Å². The zero-order valence-electron chi connectivity index (χ0n) is 17.7. The van der Waals surface area contributed by atoms with Crippen LogP contribution in [0.25, 0.3) is 33.8 Å². The molecule has 6 nitrogen and oxygen atoms in total. The van der Waals surface area contributed by atoms with Crippen molar-refractivity contribution in [3.63, 3.8) is 0 Å². The van der Waals surface area contributed by atoms with Crippen molar-refractivity contribution in [3.8, 4) is 11.4 Å². The summed E-state index contributed by atoms with van der Waals surface area (Å²) in [4.78, 5) is 11.9. The number of aromatic nitrogens is 4. The summed E-state index contributed by atoms with van der Waals surface area (Å²) in [6, 6.07) is 10.8. The van der Waals surface area contributed by atoms with Gasteiger partial charge in [0.2, 0.25) is 0 Å². The molecule has 4 aromatic rings. The van der Waals surface area contributed by atoms with Gasteiger partial charge in [-0.3, -0.25) is 0 Å². The summed E-state index contributed by atoms with van der Waals surface area (Å²) in [5, 5.41) is 1.14. The lowest BCUT2D eigenvalue weighted by Crippen LogP contribution is -2.41. The molecule has 4 aromatic heterocycles. The van der Waals surface area contributed by atoms with Crippen LogP contribution in [-0.2, 0) is 6.54 Å². The Balaban J connectivity index is 1.57. The van der Waals surface area contributed by atoms with Gasteiger partial charge in [-0.1, -0.05) is 6.58 Å². The average molecular weight is 401 g/mol. The molecule has 0 bridgehead atoms. The zero-order valence-corrected chi connectivity index (χ0v) is 17.7. The van der Waals surface area contributed by atoms with E-state index < -0.39 is 0 Å². The van der Waals surface area contributed by atoms with Gasteiger partial charge in [-0.05, 0) is 57.0 Å². The largest absolute Gasteiger partial charge is 0.370 e. The van der Waals surface area contributed by atoms with Crippen molar-refractivity contribution in [3.05, 3.63) is 60.6 Å². The first-order valence-electron chi connectivity index (χ1n) is 10.7. The number of nitrogens with zero attached hydrogens (tertiary/aromatic N) is 5. The summed E-state index contributed by atoms with van der Waals surface area (Å²) in [6.07, 6.45) is 6.15. The van der Waals surface area contributed by atoms with E-state index in [0.717, 1.165) is 77.5 Å². The van der Waals surface area contributed by atoms with Gasteiger partial charge in [0.05, 0.1) is 5.69 Å². The predicted molar refractivity (Wildman–Crippen MR) is 122 cm³/mol. The molecule has 30 heavy (non-hydrogen) atoms. The van der Waals surface area contributed by atoms with Crippen molar-refractivity contribution in [2.75, 3.05) is 13.1 Å². The highest BCUT2D eigenvalue weighted by molar-refractivity contribution is 5.84. The normalized spacial score (nSPS) is 17.2. The van der Waals surface area contributed by atoms with Crippen LogP contribution in [0.3, 0.4) is 0 Å². The Labute approximate surface area is 176 Å². The molecule has 0 saturated carbocycles. The van der Waals surface area contributed by atoms with Crippen LogP contribution in [0.5, 0.6) is 0 Å². The van der Waals surface area contributed by atoms with Gasteiger partial charge in [0.1, 0.15) is 17.0 Å². The fourth-order valence-electron chi connectivity index (χ4n) is 4.63. The third-order valence-corrected chi connectivity index (χ3v) is 6.25. The number of likely N-dealkylation sites (tertiary alicyclic amines) is 1. The first-order valence-corrected chi connectivity index (χ1v) is 10.7. The number of fused-ring (bicyclic) bond motifs is 2. The summed E-state index contributed by atoms with van der Waals surface area (Å²) in [7, 11) is 0. The Morgan fingerprint density at radius 2 is 2.17 bits per heavy atom. The summed E-state index contributed by atoms with van der Waals surface area (Å²) < 4.78 is 4.39. The molecule has 1 aliphatic rings. The number of pyridine rings is 2. The third kappa shape index (κ3) is 2.99. The Kier molecular flexibility index (Phi) is 4.59. The van der Waals surface area contributed by atoms with Gasteiger partial charge in [0.15, 0.2) is 0 Å². The lowest BCUT2D eigenvalue weighted by Gasteiger charge is -2.34. The van der Waals surface area contributed by atoms with Crippen LogP contribution < -0.4 is 5.73 Å². The minimum absolute atomic E-state index is 0.226. The molecular formula is C24H28N6. The third-order valence-electron chi connectivity index (χ3n) is 6.25. The van der Waals surface area contributed by atoms with E-state index in [4.69, 9.17) is 10.7 Å². The topological polar surface area (TPSA) is 64.4 Å². The van der Waals surface area contributed by atoms with E-state index in [9.17, 15) is 0 Å². The Bertz CT molecular complexity index is 1250. The first kappa shape index (κ1) is 18.9. The van der Waals surface area contributed by atoms with E-state index in [1.54, 1.807) is 0 Å². The van der Waals surface area contributed by atoms with E-state index in [1.807, 2.05) is 12.3 Å². The number of hydrogen-bond donors (Lipinski definition) is 1. The minimum atomic E-state index is 0.226. The molecule has 6 heteroatoms. The predicted octanol–water partition coefficient (Wildman–Crippen LogP) is 4.07. The van der Waals surface area contributed by atoms with E-state index in [0.29, 0.717) is 0 Å². The van der Waals surface area contributed by atoms with Crippen molar-refractivity contribution in [1.82, 2.24) is 23.8 Å². The smallest absolute Gasteiger partial charge is 0.140 e. The van der Waals surface area contributed by atoms with E-state index in [-0.39, 0.29) is 6.04 Å². The molecule has 154 valence electrons. The Hall–Kier alpha value is -3.12. The van der Waals surface area contributed by atoms with Crippen molar-refractivity contribution in [2.45, 2.75) is 39.3 Å². The lowest BCUT2D eigenvalue weighted by molar-refractivity contribution is 0.296. The molecule has 5 heterocycles. The molecule has 0 aliphatic carbocycles. The number of aryl methyl sites for hydroxylation is 2. The highest BCUT2D eigenvalue weighted by Crippen LogP contribution is 2.31. The highest BCUT2D eigenvalue weighted by Gasteiger charge is 2.20. The summed E-state index contributed by atoms with van der Waals surface area (Å²) in [5.41, 5.74) is 13.5. The molecule has 0 aromatic carbocycles. The average Bonchev–Trinajstić information content (AvgIpc) is 3.30. The molecule has 0 amide bonds. The second-order valence-corrected chi connectivity index (χ2v) is 8.17. The molecule has 1 fully saturated rings. The number of hydrogen-bond acceptors (Lipinski definition) is 4. The van der Waals surface area contributed by atoms with Crippen LogP contribution in [0, 0.1) is 6.92 Å². The molecule has 1 aliphatic heterocycles. The minimum Gasteiger partial charge on any atom is -0.370 e. The van der Waals surface area contributed by atoms with Crippen molar-refractivity contribution in [2.24, 2.45) is 5.73 Å². The van der Waals surface area contributed by atoms with E-state index in [1.165, 1.54) is 0 Å². The number of piperidine rings is 1. The fraction of sp³-hybridized carbons (Fsp3) is 0.333. The maximum atomic E-state index is 6.17. The molecule has 1 unspecified atom stereocenters. The van der Waals surface area contributed by atoms with Crippen molar-refractivity contribution < 1.29 is 0 Å². The SMILES string of the molecule is C=C(c1ccn2c(C)c(-c3cc4cccnc4n3CC)nc2c1)N1CCCC(N)C1. The van der Waals surface area contributed by atoms with Gasteiger partial charge in [-0.2, -0.15) is 0 Å². The van der Waals surface area contributed by atoms with Crippen LogP contribution in [0.1, 0.15) is 31.0 Å². The Morgan fingerprint density at radius 3 is 2.97 bits per heavy atom. The number of nitrogens with two attached hydrogens (primary N) is 1. The van der Waals surface area contributed by atoms with Gasteiger partial charge in [0, 0.05) is 60.4 Å². The summed E-state index contributed by atoms with van der Waals surface area (Å²) in [5.74, 6) is 0. The molecular weight excluding hydrogens is 372 g/mol. The molecule has 1 atom stereocenters. The van der Waals surface area contributed by atoms with Crippen LogP contribution in [0.2, 0.25) is 0 Å². The lowest BCUT2D eigenvalue weighted by atomic mass is 10.0. The molecule has 0 spiro atoms. The van der Waals surface area contributed by atoms with Gasteiger partial charge in [-0.25, -0.2) is 9.97 Å². The number of imidazole rings is 1. The van der Waals surface area contributed by atoms with Crippen molar-refractivity contribution in [1.29, 1.82) is 0 Å². The maximum Gasteiger partial charge on any atom is 0.140 e. The van der Waals surface area contributed by atoms with E-state index in [2.05, 4.69) is 69.7 Å². The molecule has 2 N–H and O–H groups in total. The first-order chi connectivity index (χ1) is 14.6. The van der Waals surface area contributed by atoms with Gasteiger partial charge in [0.25, 0.3) is 0 Å². The molecule has 5 rings (SSSR count). The maximum absolute atomic E-state index is 6.17. The summed E-state index contributed by atoms with van der Waals surface area (Å²) in [6.45, 7) is 11.4. The monoisotopic (exact) mass is 400 g/mol. The van der Waals surface area contributed by atoms with Crippen LogP contribution in [0.4, 0.5) is 0 Å². The van der Waals surface area contributed by atoms with Crippen LogP contribution in [-0.4, -0.2) is 43.0 Å². The summed E-state index contributed by atoms with van der Waals surface area (Å²) >= 11 is 0. The molecule has 1 saturated heterocycles. The second-order valence-electron chi connectivity index (χ2n) is 8.17. The second kappa shape index (κ2) is 7.29. The Morgan fingerprint density at radius 1 is 1.30 bits per heavy atom. The van der Waals surface area contributed by atoms with E-state index >= 15 is 0 Å². The van der Waals surface area contributed by atoms with Gasteiger partial charge >= 0.3 is 0 Å². The van der Waals surface area contributed by atoms with Gasteiger partial charge < -0.3 is 19.6 Å². The standard InChI is InChI=1S/C24H28N6/c1-4-29-21(13-19-7-5-10-26-24(19)29)23-17(3)30-12-9-18(14-22(30)27-23)16(2)28-11-6-8-20(25)15-28/h5,7,9-10,12-14,20H,2,4,6,8,11,15,25H2,1,3H3. The van der Waals surface area contributed by atoms with Crippen LogP contribution in [0.15, 0.2) is 49.3 Å².